The minimum absolute atomic E-state index is 0.0119. The molecule has 1 aliphatic rings. The lowest BCUT2D eigenvalue weighted by molar-refractivity contribution is 0.0931. The van der Waals surface area contributed by atoms with E-state index in [0.29, 0.717) is 19.7 Å². The molecule has 2 aromatic rings. The Morgan fingerprint density at radius 2 is 2.22 bits per heavy atom. The van der Waals surface area contributed by atoms with Crippen LogP contribution in [0.5, 0.6) is 11.5 Å². The summed E-state index contributed by atoms with van der Waals surface area (Å²) in [6.45, 7) is 3.78. The molecule has 0 saturated carbocycles. The van der Waals surface area contributed by atoms with Crippen molar-refractivity contribution < 1.29 is 14.2 Å². The average molecular weight is 391 g/mol. The number of methoxy groups -OCH3 is 1. The fraction of sp³-hybridized carbons (Fsp3) is 0.474. The fourth-order valence-electron chi connectivity index (χ4n) is 2.75. The Kier molecular flexibility index (Phi) is 6.52. The normalized spacial score (nSPS) is 17.5. The fourth-order valence-corrected chi connectivity index (χ4v) is 3.60. The molecule has 0 radical (unpaired) electrons. The molecule has 3 rings (SSSR count). The van der Waals surface area contributed by atoms with Gasteiger partial charge >= 0.3 is 0 Å². The highest BCUT2D eigenvalue weighted by Gasteiger charge is 2.21. The van der Waals surface area contributed by atoms with Crippen LogP contribution in [0.25, 0.3) is 0 Å². The van der Waals surface area contributed by atoms with E-state index in [4.69, 9.17) is 14.2 Å². The van der Waals surface area contributed by atoms with Crippen LogP contribution < -0.4 is 14.8 Å². The maximum atomic E-state index is 5.98. The molecule has 8 heteroatoms. The lowest BCUT2D eigenvalue weighted by atomic mass is 10.2. The molecule has 2 heterocycles. The molecule has 2 unspecified atom stereocenters. The van der Waals surface area contributed by atoms with Crippen molar-refractivity contribution in [1.29, 1.82) is 0 Å². The molecule has 0 spiro atoms. The van der Waals surface area contributed by atoms with Gasteiger partial charge < -0.3 is 24.4 Å². The van der Waals surface area contributed by atoms with Crippen LogP contribution in [0.4, 0.5) is 0 Å². The summed E-state index contributed by atoms with van der Waals surface area (Å²) >= 11 is 1.61. The molecule has 0 fully saturated rings. The lowest BCUT2D eigenvalue weighted by Crippen LogP contribution is -2.45. The van der Waals surface area contributed by atoms with E-state index in [1.54, 1.807) is 25.5 Å². The maximum absolute atomic E-state index is 5.98. The van der Waals surface area contributed by atoms with Gasteiger partial charge in [0.2, 0.25) is 0 Å². The SMILES string of the molecule is CN=C(NCC1COc2ccccc2O1)N(C)Cc1csc(C(C)OC)n1. The summed E-state index contributed by atoms with van der Waals surface area (Å²) in [6.07, 6.45) is -0.0590. The molecule has 27 heavy (non-hydrogen) atoms. The van der Waals surface area contributed by atoms with Crippen LogP contribution in [0.2, 0.25) is 0 Å². The van der Waals surface area contributed by atoms with Crippen molar-refractivity contribution in [2.24, 2.45) is 4.99 Å². The van der Waals surface area contributed by atoms with Crippen molar-refractivity contribution in [1.82, 2.24) is 15.2 Å². The zero-order chi connectivity index (χ0) is 19.2. The van der Waals surface area contributed by atoms with Crippen molar-refractivity contribution in [3.05, 3.63) is 40.3 Å². The Morgan fingerprint density at radius 1 is 1.44 bits per heavy atom. The molecule has 0 saturated heterocycles. The van der Waals surface area contributed by atoms with Crippen LogP contribution in [-0.4, -0.2) is 56.3 Å². The highest BCUT2D eigenvalue weighted by Crippen LogP contribution is 2.30. The lowest BCUT2D eigenvalue weighted by Gasteiger charge is -2.28. The number of aliphatic imine (C=N–C) groups is 1. The molecule has 1 aromatic heterocycles. The molecule has 0 amide bonds. The van der Waals surface area contributed by atoms with Crippen LogP contribution in [0, 0.1) is 0 Å². The zero-order valence-electron chi connectivity index (χ0n) is 16.1. The van der Waals surface area contributed by atoms with E-state index in [-0.39, 0.29) is 12.2 Å². The molecular weight excluding hydrogens is 364 g/mol. The number of ether oxygens (including phenoxy) is 3. The van der Waals surface area contributed by atoms with E-state index in [1.165, 1.54) is 0 Å². The van der Waals surface area contributed by atoms with Crippen LogP contribution in [0.1, 0.15) is 23.7 Å². The average Bonchev–Trinajstić information content (AvgIpc) is 3.16. The third-order valence-electron chi connectivity index (χ3n) is 4.30. The van der Waals surface area contributed by atoms with Gasteiger partial charge in [0.05, 0.1) is 18.8 Å². The third kappa shape index (κ3) is 4.90. The quantitative estimate of drug-likeness (QED) is 0.604. The van der Waals surface area contributed by atoms with Crippen LogP contribution in [-0.2, 0) is 11.3 Å². The van der Waals surface area contributed by atoms with Gasteiger partial charge in [-0.25, -0.2) is 4.98 Å². The van der Waals surface area contributed by atoms with Crippen molar-refractivity contribution >= 4 is 17.3 Å². The first-order chi connectivity index (χ1) is 13.1. The number of hydrogen-bond acceptors (Lipinski definition) is 6. The molecule has 0 bridgehead atoms. The van der Waals surface area contributed by atoms with Gasteiger partial charge in [0, 0.05) is 26.6 Å². The molecule has 146 valence electrons. The topological polar surface area (TPSA) is 68.2 Å². The Labute approximate surface area is 164 Å². The summed E-state index contributed by atoms with van der Waals surface area (Å²) in [6, 6.07) is 7.72. The predicted octanol–water partition coefficient (Wildman–Crippen LogP) is 2.70. The number of hydrogen-bond donors (Lipinski definition) is 1. The number of thiazole rings is 1. The smallest absolute Gasteiger partial charge is 0.193 e. The summed E-state index contributed by atoms with van der Waals surface area (Å²) in [5.41, 5.74) is 0.996. The van der Waals surface area contributed by atoms with Gasteiger partial charge in [-0.1, -0.05) is 12.1 Å². The first kappa shape index (κ1) is 19.4. The van der Waals surface area contributed by atoms with Crippen LogP contribution in [0.15, 0.2) is 34.6 Å². The summed E-state index contributed by atoms with van der Waals surface area (Å²) < 4.78 is 17.1. The second kappa shape index (κ2) is 9.05. The molecule has 7 nitrogen and oxygen atoms in total. The number of benzene rings is 1. The molecular formula is C19H26N4O3S. The standard InChI is InChI=1S/C19H26N4O3S/c1-13(24-4)18-22-14(12-27-18)10-23(3)19(20-2)21-9-15-11-25-16-7-5-6-8-17(16)26-15/h5-8,12-13,15H,9-11H2,1-4H3,(H,20,21). The van der Waals surface area contributed by atoms with Crippen molar-refractivity contribution in [3.63, 3.8) is 0 Å². The van der Waals surface area contributed by atoms with E-state index in [9.17, 15) is 0 Å². The largest absolute Gasteiger partial charge is 0.486 e. The summed E-state index contributed by atoms with van der Waals surface area (Å²) in [5, 5.41) is 6.39. The number of nitrogens with zero attached hydrogens (tertiary/aromatic N) is 3. The highest BCUT2D eigenvalue weighted by atomic mass is 32.1. The van der Waals surface area contributed by atoms with E-state index in [2.05, 4.69) is 20.7 Å². The number of rotatable bonds is 6. The third-order valence-corrected chi connectivity index (χ3v) is 5.35. The first-order valence-electron chi connectivity index (χ1n) is 8.88. The minimum Gasteiger partial charge on any atom is -0.486 e. The monoisotopic (exact) mass is 390 g/mol. The van der Waals surface area contributed by atoms with Crippen molar-refractivity contribution in [3.8, 4) is 11.5 Å². The number of para-hydroxylation sites is 2. The van der Waals surface area contributed by atoms with Crippen molar-refractivity contribution in [2.45, 2.75) is 25.7 Å². The van der Waals surface area contributed by atoms with Gasteiger partial charge in [-0.05, 0) is 19.1 Å². The number of nitrogens with one attached hydrogen (secondary N) is 1. The van der Waals surface area contributed by atoms with Gasteiger partial charge in [0.25, 0.3) is 0 Å². The second-order valence-electron chi connectivity index (χ2n) is 6.34. The highest BCUT2D eigenvalue weighted by molar-refractivity contribution is 7.09. The first-order valence-corrected chi connectivity index (χ1v) is 9.76. The molecule has 1 N–H and O–H groups in total. The Bertz CT molecular complexity index is 780. The molecule has 1 aliphatic heterocycles. The summed E-state index contributed by atoms with van der Waals surface area (Å²) in [5.74, 6) is 2.35. The predicted molar refractivity (Wildman–Crippen MR) is 107 cm³/mol. The Hall–Kier alpha value is -2.32. The minimum atomic E-state index is -0.0709. The van der Waals surface area contributed by atoms with Gasteiger partial charge in [-0.3, -0.25) is 4.99 Å². The van der Waals surface area contributed by atoms with E-state index in [1.807, 2.05) is 43.1 Å². The maximum Gasteiger partial charge on any atom is 0.193 e. The number of aromatic nitrogens is 1. The zero-order valence-corrected chi connectivity index (χ0v) is 17.0. The second-order valence-corrected chi connectivity index (χ2v) is 7.23. The molecule has 0 aliphatic carbocycles. The summed E-state index contributed by atoms with van der Waals surface area (Å²) in [7, 11) is 5.45. The van der Waals surface area contributed by atoms with Crippen molar-refractivity contribution in [2.75, 3.05) is 34.4 Å². The van der Waals surface area contributed by atoms with Crippen LogP contribution >= 0.6 is 11.3 Å². The van der Waals surface area contributed by atoms with E-state index >= 15 is 0 Å². The number of fused-ring (bicyclic) bond motifs is 1. The van der Waals surface area contributed by atoms with E-state index in [0.717, 1.165) is 28.2 Å². The van der Waals surface area contributed by atoms with Crippen LogP contribution in [0.3, 0.4) is 0 Å². The Morgan fingerprint density at radius 3 is 2.96 bits per heavy atom. The number of guanidine groups is 1. The summed E-state index contributed by atoms with van der Waals surface area (Å²) in [4.78, 5) is 11.0. The van der Waals surface area contributed by atoms with Gasteiger partial charge in [0.1, 0.15) is 23.8 Å². The van der Waals surface area contributed by atoms with Gasteiger partial charge in [-0.15, -0.1) is 11.3 Å². The Balaban J connectivity index is 1.52. The molecule has 1 aromatic carbocycles. The van der Waals surface area contributed by atoms with Gasteiger partial charge in [-0.2, -0.15) is 0 Å². The van der Waals surface area contributed by atoms with Gasteiger partial charge in [0.15, 0.2) is 17.5 Å². The molecule has 2 atom stereocenters. The van der Waals surface area contributed by atoms with E-state index < -0.39 is 0 Å².